The number of hydrogen-bond acceptors (Lipinski definition) is 3. The lowest BCUT2D eigenvalue weighted by Crippen LogP contribution is -2.58. The number of halogens is 1. The number of rotatable bonds is 4. The molecule has 1 saturated heterocycles. The Morgan fingerprint density at radius 2 is 1.47 bits per heavy atom. The third kappa shape index (κ3) is 3.26. The van der Waals surface area contributed by atoms with Gasteiger partial charge in [0, 0.05) is 44.7 Å². The summed E-state index contributed by atoms with van der Waals surface area (Å²) in [4.78, 5) is 18.5. The summed E-state index contributed by atoms with van der Waals surface area (Å²) < 4.78 is 13.7. The van der Waals surface area contributed by atoms with Crippen LogP contribution in [-0.4, -0.2) is 41.8 Å². The molecule has 3 nitrogen and oxygen atoms in total. The number of hydrogen-bond donors (Lipinski definition) is 0. The van der Waals surface area contributed by atoms with E-state index in [9.17, 15) is 9.18 Å². The fraction of sp³-hybridized carbons (Fsp3) is 0.269. The van der Waals surface area contributed by atoms with Crippen molar-refractivity contribution in [2.75, 3.05) is 26.2 Å². The Bertz CT molecular complexity index is 1040. The Morgan fingerprint density at radius 1 is 0.800 bits per heavy atom. The summed E-state index contributed by atoms with van der Waals surface area (Å²) in [7, 11) is 0. The number of Topliss-reactive ketones (excluding diaryl/α,β-unsaturated/α-hetero) is 1. The van der Waals surface area contributed by atoms with Crippen LogP contribution in [-0.2, 0) is 18.5 Å². The normalized spacial score (nSPS) is 22.2. The van der Waals surface area contributed by atoms with E-state index < -0.39 is 5.54 Å². The van der Waals surface area contributed by atoms with Gasteiger partial charge in [0.25, 0.3) is 0 Å². The maximum Gasteiger partial charge on any atom is 0.188 e. The second kappa shape index (κ2) is 7.78. The standard InChI is InChI=1S/C26H25FN2O/c27-23-12-10-22(11-13-23)26(18-21-8-4-5-9-24(21)25(26)30)29-16-14-28(15-17-29)19-20-6-2-1-3-7-20/h1-13H,14-19H2. The zero-order valence-electron chi connectivity index (χ0n) is 16.9. The summed E-state index contributed by atoms with van der Waals surface area (Å²) in [6, 6.07) is 24.9. The molecule has 3 aromatic carbocycles. The minimum Gasteiger partial charge on any atom is -0.297 e. The maximum atomic E-state index is 13.7. The quantitative estimate of drug-likeness (QED) is 0.653. The number of benzene rings is 3. The van der Waals surface area contributed by atoms with Crippen molar-refractivity contribution in [2.24, 2.45) is 0 Å². The lowest BCUT2D eigenvalue weighted by molar-refractivity contribution is 0.0288. The highest BCUT2D eigenvalue weighted by Gasteiger charge is 2.51. The summed E-state index contributed by atoms with van der Waals surface area (Å²) in [5, 5.41) is 0. The second-order valence-electron chi connectivity index (χ2n) is 8.28. The Labute approximate surface area is 176 Å². The first-order valence-corrected chi connectivity index (χ1v) is 10.6. The van der Waals surface area contributed by atoms with Gasteiger partial charge in [-0.05, 0) is 28.8 Å². The van der Waals surface area contributed by atoms with E-state index in [0.29, 0.717) is 6.42 Å². The van der Waals surface area contributed by atoms with Crippen LogP contribution in [0.15, 0.2) is 78.9 Å². The molecular weight excluding hydrogens is 375 g/mol. The number of nitrogens with zero attached hydrogens (tertiary/aromatic N) is 2. The first-order valence-electron chi connectivity index (χ1n) is 10.6. The molecule has 0 radical (unpaired) electrons. The molecule has 1 fully saturated rings. The van der Waals surface area contributed by atoms with Crippen LogP contribution < -0.4 is 0 Å². The molecular formula is C26H25FN2O. The Hall–Kier alpha value is -2.82. The summed E-state index contributed by atoms with van der Waals surface area (Å²) >= 11 is 0. The molecule has 2 aliphatic rings. The largest absolute Gasteiger partial charge is 0.297 e. The maximum absolute atomic E-state index is 13.7. The van der Waals surface area contributed by atoms with Crippen LogP contribution in [0.5, 0.6) is 0 Å². The van der Waals surface area contributed by atoms with E-state index in [1.807, 2.05) is 30.3 Å². The van der Waals surface area contributed by atoms with E-state index >= 15 is 0 Å². The van der Waals surface area contributed by atoms with Gasteiger partial charge in [0.1, 0.15) is 11.4 Å². The van der Waals surface area contributed by atoms with Gasteiger partial charge in [-0.25, -0.2) is 4.39 Å². The van der Waals surface area contributed by atoms with Crippen LogP contribution in [0.25, 0.3) is 0 Å². The minimum absolute atomic E-state index is 0.140. The highest BCUT2D eigenvalue weighted by atomic mass is 19.1. The number of carbonyl (C=O) groups excluding carboxylic acids is 1. The van der Waals surface area contributed by atoms with Crippen molar-refractivity contribution in [1.82, 2.24) is 9.80 Å². The Balaban J connectivity index is 1.43. The smallest absolute Gasteiger partial charge is 0.188 e. The molecule has 1 heterocycles. The van der Waals surface area contributed by atoms with Gasteiger partial charge in [0.2, 0.25) is 0 Å². The van der Waals surface area contributed by atoms with Crippen LogP contribution in [0.4, 0.5) is 4.39 Å². The van der Waals surface area contributed by atoms with Crippen molar-refractivity contribution < 1.29 is 9.18 Å². The lowest BCUT2D eigenvalue weighted by atomic mass is 9.83. The molecule has 1 aliphatic heterocycles. The summed E-state index contributed by atoms with van der Waals surface area (Å²) in [5.41, 5.74) is 3.34. The molecule has 0 N–H and O–H groups in total. The first-order chi connectivity index (χ1) is 14.7. The number of carbonyl (C=O) groups is 1. The van der Waals surface area contributed by atoms with Crippen LogP contribution in [0.1, 0.15) is 27.0 Å². The van der Waals surface area contributed by atoms with E-state index in [-0.39, 0.29) is 11.6 Å². The topological polar surface area (TPSA) is 23.6 Å². The molecule has 30 heavy (non-hydrogen) atoms. The molecule has 0 saturated carbocycles. The molecule has 4 heteroatoms. The van der Waals surface area contributed by atoms with E-state index in [2.05, 4.69) is 34.1 Å². The van der Waals surface area contributed by atoms with Gasteiger partial charge in [-0.3, -0.25) is 14.6 Å². The van der Waals surface area contributed by atoms with Crippen molar-refractivity contribution >= 4 is 5.78 Å². The molecule has 0 spiro atoms. The van der Waals surface area contributed by atoms with Crippen LogP contribution in [0.3, 0.4) is 0 Å². The lowest BCUT2D eigenvalue weighted by Gasteiger charge is -2.45. The predicted molar refractivity (Wildman–Crippen MR) is 116 cm³/mol. The fourth-order valence-corrected chi connectivity index (χ4v) is 5.00. The van der Waals surface area contributed by atoms with E-state index in [1.165, 1.54) is 17.7 Å². The van der Waals surface area contributed by atoms with Gasteiger partial charge < -0.3 is 0 Å². The molecule has 5 rings (SSSR count). The van der Waals surface area contributed by atoms with E-state index in [0.717, 1.165) is 49.4 Å². The molecule has 0 bridgehead atoms. The molecule has 1 atom stereocenters. The first kappa shape index (κ1) is 19.2. The van der Waals surface area contributed by atoms with E-state index in [4.69, 9.17) is 0 Å². The van der Waals surface area contributed by atoms with Gasteiger partial charge in [0.05, 0.1) is 0 Å². The third-order valence-corrected chi connectivity index (χ3v) is 6.57. The van der Waals surface area contributed by atoms with Crippen LogP contribution >= 0.6 is 0 Å². The number of ketones is 1. The van der Waals surface area contributed by atoms with Crippen LogP contribution in [0, 0.1) is 5.82 Å². The highest BCUT2D eigenvalue weighted by molar-refractivity contribution is 6.08. The van der Waals surface area contributed by atoms with Gasteiger partial charge in [-0.1, -0.05) is 66.7 Å². The minimum atomic E-state index is -0.740. The summed E-state index contributed by atoms with van der Waals surface area (Å²) in [6.07, 6.45) is 0.645. The van der Waals surface area contributed by atoms with Crippen molar-refractivity contribution in [3.8, 4) is 0 Å². The van der Waals surface area contributed by atoms with E-state index in [1.54, 1.807) is 12.1 Å². The Morgan fingerprint density at radius 3 is 2.17 bits per heavy atom. The zero-order chi connectivity index (χ0) is 20.6. The van der Waals surface area contributed by atoms with Gasteiger partial charge in [-0.15, -0.1) is 0 Å². The average molecular weight is 400 g/mol. The molecule has 152 valence electrons. The SMILES string of the molecule is O=C1c2ccccc2CC1(c1ccc(F)cc1)N1CCN(Cc2ccccc2)CC1. The predicted octanol–water partition coefficient (Wildman–Crippen LogP) is 4.28. The van der Waals surface area contributed by atoms with Crippen LogP contribution in [0.2, 0.25) is 0 Å². The van der Waals surface area contributed by atoms with Crippen molar-refractivity contribution in [2.45, 2.75) is 18.5 Å². The molecule has 1 aliphatic carbocycles. The van der Waals surface area contributed by atoms with Crippen molar-refractivity contribution in [3.05, 3.63) is 107 Å². The Kier molecular flexibility index (Phi) is 4.97. The van der Waals surface area contributed by atoms with Gasteiger partial charge in [-0.2, -0.15) is 0 Å². The molecule has 0 amide bonds. The highest BCUT2D eigenvalue weighted by Crippen LogP contribution is 2.43. The monoisotopic (exact) mass is 400 g/mol. The zero-order valence-corrected chi connectivity index (χ0v) is 16.9. The average Bonchev–Trinajstić information content (AvgIpc) is 3.09. The summed E-state index contributed by atoms with van der Waals surface area (Å²) in [5.74, 6) is -0.134. The second-order valence-corrected chi connectivity index (χ2v) is 8.28. The number of fused-ring (bicyclic) bond motifs is 1. The number of piperazine rings is 1. The summed E-state index contributed by atoms with van der Waals surface area (Å²) in [6.45, 7) is 4.35. The fourth-order valence-electron chi connectivity index (χ4n) is 5.00. The third-order valence-electron chi connectivity index (χ3n) is 6.57. The molecule has 3 aromatic rings. The molecule has 0 aromatic heterocycles. The van der Waals surface area contributed by atoms with Crippen molar-refractivity contribution in [3.63, 3.8) is 0 Å². The van der Waals surface area contributed by atoms with Crippen molar-refractivity contribution in [1.29, 1.82) is 0 Å². The van der Waals surface area contributed by atoms with Gasteiger partial charge in [0.15, 0.2) is 5.78 Å². The van der Waals surface area contributed by atoms with Gasteiger partial charge >= 0.3 is 0 Å². The molecule has 1 unspecified atom stereocenters.